The lowest BCUT2D eigenvalue weighted by molar-refractivity contribution is -0.248. The standard InChI is InChI=1S/C48H98O7/c1-5-9-13-17-21-25-31-39-49-41-35-29-37-47(52-43-33-27-23-19-15-11-7-3)54-45-51-46-55-48(53-44-34-28-24-20-16-12-8-4)38-30-36-42-50-40-32-26-22-18-14-10-6-2/h47-48H,5-46H2,1-4H3. The Labute approximate surface area is 344 Å². The van der Waals surface area contributed by atoms with Gasteiger partial charge in [0.15, 0.2) is 26.2 Å². The van der Waals surface area contributed by atoms with Crippen molar-refractivity contribution in [3.8, 4) is 0 Å². The summed E-state index contributed by atoms with van der Waals surface area (Å²) in [4.78, 5) is 0. The Morgan fingerprint density at radius 3 is 0.800 bits per heavy atom. The summed E-state index contributed by atoms with van der Waals surface area (Å²) >= 11 is 0. The van der Waals surface area contributed by atoms with E-state index in [2.05, 4.69) is 27.7 Å². The maximum atomic E-state index is 6.21. The van der Waals surface area contributed by atoms with Crippen LogP contribution in [0.1, 0.15) is 246 Å². The van der Waals surface area contributed by atoms with Crippen molar-refractivity contribution >= 4 is 0 Å². The number of unbranched alkanes of at least 4 members (excludes halogenated alkanes) is 26. The molecule has 0 aromatic carbocycles. The fraction of sp³-hybridized carbons (Fsp3) is 1.00. The Hall–Kier alpha value is -0.280. The van der Waals surface area contributed by atoms with E-state index in [4.69, 9.17) is 33.2 Å². The topological polar surface area (TPSA) is 64.6 Å². The molecule has 0 saturated carbocycles. The molecule has 0 radical (unpaired) electrons. The van der Waals surface area contributed by atoms with Gasteiger partial charge in [0.05, 0.1) is 0 Å². The van der Waals surface area contributed by atoms with Crippen LogP contribution in [0.5, 0.6) is 0 Å². The van der Waals surface area contributed by atoms with Gasteiger partial charge in [-0.1, -0.05) is 182 Å². The molecule has 0 amide bonds. The molecule has 55 heavy (non-hydrogen) atoms. The molecular weight excluding hydrogens is 689 g/mol. The average molecular weight is 787 g/mol. The Balaban J connectivity index is 4.47. The van der Waals surface area contributed by atoms with Crippen LogP contribution < -0.4 is 0 Å². The molecule has 0 saturated heterocycles. The molecule has 0 heterocycles. The quantitative estimate of drug-likeness (QED) is 0.0449. The minimum absolute atomic E-state index is 0.160. The fourth-order valence-corrected chi connectivity index (χ4v) is 6.82. The molecule has 0 fully saturated rings. The van der Waals surface area contributed by atoms with Crippen LogP contribution >= 0.6 is 0 Å². The normalized spacial score (nSPS) is 12.9. The van der Waals surface area contributed by atoms with Gasteiger partial charge in [0.1, 0.15) is 0 Å². The second-order valence-electron chi connectivity index (χ2n) is 16.1. The molecular formula is C48H98O7. The van der Waals surface area contributed by atoms with Gasteiger partial charge in [0.25, 0.3) is 0 Å². The van der Waals surface area contributed by atoms with Gasteiger partial charge in [-0.3, -0.25) is 0 Å². The molecule has 7 nitrogen and oxygen atoms in total. The van der Waals surface area contributed by atoms with Crippen molar-refractivity contribution in [2.45, 2.75) is 259 Å². The second-order valence-corrected chi connectivity index (χ2v) is 16.1. The third kappa shape index (κ3) is 46.3. The van der Waals surface area contributed by atoms with Gasteiger partial charge in [0, 0.05) is 39.6 Å². The van der Waals surface area contributed by atoms with Crippen LogP contribution in [0.2, 0.25) is 0 Å². The number of ether oxygens (including phenoxy) is 7. The van der Waals surface area contributed by atoms with Crippen LogP contribution in [0.4, 0.5) is 0 Å². The Morgan fingerprint density at radius 2 is 0.491 bits per heavy atom. The first kappa shape index (κ1) is 54.7. The average Bonchev–Trinajstić information content (AvgIpc) is 3.19. The highest BCUT2D eigenvalue weighted by molar-refractivity contribution is 4.53. The van der Waals surface area contributed by atoms with Crippen molar-refractivity contribution in [3.63, 3.8) is 0 Å². The third-order valence-corrected chi connectivity index (χ3v) is 10.5. The smallest absolute Gasteiger partial charge is 0.160 e. The van der Waals surface area contributed by atoms with E-state index in [9.17, 15) is 0 Å². The molecule has 0 aliphatic carbocycles. The van der Waals surface area contributed by atoms with Gasteiger partial charge < -0.3 is 33.2 Å². The predicted molar refractivity (Wildman–Crippen MR) is 234 cm³/mol. The van der Waals surface area contributed by atoms with E-state index in [1.807, 2.05) is 0 Å². The van der Waals surface area contributed by atoms with Crippen LogP contribution in [0.15, 0.2) is 0 Å². The van der Waals surface area contributed by atoms with E-state index in [0.717, 1.165) is 91.0 Å². The molecule has 0 aromatic heterocycles. The summed E-state index contributed by atoms with van der Waals surface area (Å²) < 4.78 is 42.3. The summed E-state index contributed by atoms with van der Waals surface area (Å²) in [6, 6.07) is 0. The van der Waals surface area contributed by atoms with Crippen LogP contribution in [-0.2, 0) is 33.2 Å². The fourth-order valence-electron chi connectivity index (χ4n) is 6.82. The van der Waals surface area contributed by atoms with Crippen LogP contribution in [-0.4, -0.2) is 65.8 Å². The van der Waals surface area contributed by atoms with Crippen molar-refractivity contribution in [2.24, 2.45) is 0 Å². The van der Waals surface area contributed by atoms with Gasteiger partial charge in [-0.2, -0.15) is 0 Å². The van der Waals surface area contributed by atoms with E-state index in [-0.39, 0.29) is 26.2 Å². The summed E-state index contributed by atoms with van der Waals surface area (Å²) in [5, 5.41) is 0. The van der Waals surface area contributed by atoms with Crippen molar-refractivity contribution in [3.05, 3.63) is 0 Å². The first-order valence-electron chi connectivity index (χ1n) is 24.5. The minimum Gasteiger partial charge on any atom is -0.381 e. The van der Waals surface area contributed by atoms with Crippen LogP contribution in [0.3, 0.4) is 0 Å². The van der Waals surface area contributed by atoms with Gasteiger partial charge in [0.2, 0.25) is 0 Å². The van der Waals surface area contributed by atoms with Gasteiger partial charge in [-0.05, 0) is 64.2 Å². The molecule has 0 bridgehead atoms. The number of hydrogen-bond donors (Lipinski definition) is 0. The highest BCUT2D eigenvalue weighted by Crippen LogP contribution is 2.14. The zero-order valence-electron chi connectivity index (χ0n) is 37.7. The van der Waals surface area contributed by atoms with Crippen molar-refractivity contribution < 1.29 is 33.2 Å². The summed E-state index contributed by atoms with van der Waals surface area (Å²) in [7, 11) is 0. The first-order chi connectivity index (χ1) is 27.3. The molecule has 0 aliphatic heterocycles. The molecule has 0 rings (SSSR count). The third-order valence-electron chi connectivity index (χ3n) is 10.5. The number of rotatable bonds is 50. The number of hydrogen-bond acceptors (Lipinski definition) is 7. The lowest BCUT2D eigenvalue weighted by Gasteiger charge is -2.21. The molecule has 0 spiro atoms. The lowest BCUT2D eigenvalue weighted by atomic mass is 10.1. The Morgan fingerprint density at radius 1 is 0.236 bits per heavy atom. The van der Waals surface area contributed by atoms with Crippen LogP contribution in [0.25, 0.3) is 0 Å². The highest BCUT2D eigenvalue weighted by atomic mass is 16.8. The van der Waals surface area contributed by atoms with Gasteiger partial charge >= 0.3 is 0 Å². The Kier molecular flexibility index (Phi) is 49.6. The molecule has 332 valence electrons. The van der Waals surface area contributed by atoms with E-state index in [0.29, 0.717) is 0 Å². The van der Waals surface area contributed by atoms with Crippen molar-refractivity contribution in [1.82, 2.24) is 0 Å². The molecule has 7 heteroatoms. The maximum absolute atomic E-state index is 6.21. The molecule has 0 aromatic rings. The minimum atomic E-state index is -0.256. The molecule has 0 aliphatic rings. The molecule has 0 N–H and O–H groups in total. The molecule has 2 unspecified atom stereocenters. The monoisotopic (exact) mass is 787 g/mol. The molecule has 2 atom stereocenters. The lowest BCUT2D eigenvalue weighted by Crippen LogP contribution is -2.23. The van der Waals surface area contributed by atoms with Gasteiger partial charge in [-0.25, -0.2) is 0 Å². The largest absolute Gasteiger partial charge is 0.381 e. The highest BCUT2D eigenvalue weighted by Gasteiger charge is 2.12. The van der Waals surface area contributed by atoms with Crippen molar-refractivity contribution in [1.29, 1.82) is 0 Å². The SMILES string of the molecule is CCCCCCCCCOCCCCC(OCCCCCCCCC)OCOCOC(CCCCOCCCCCCCCC)OCCCCCCCCC. The second kappa shape index (κ2) is 49.9. The zero-order chi connectivity index (χ0) is 39.8. The van der Waals surface area contributed by atoms with E-state index >= 15 is 0 Å². The summed E-state index contributed by atoms with van der Waals surface area (Å²) in [5.41, 5.74) is 0. The van der Waals surface area contributed by atoms with Crippen molar-refractivity contribution in [2.75, 3.05) is 53.2 Å². The first-order valence-corrected chi connectivity index (χ1v) is 24.5. The summed E-state index contributed by atoms with van der Waals surface area (Å²) in [5.74, 6) is 0. The van der Waals surface area contributed by atoms with Gasteiger partial charge in [-0.15, -0.1) is 0 Å². The van der Waals surface area contributed by atoms with E-state index in [1.54, 1.807) is 0 Å². The van der Waals surface area contributed by atoms with E-state index in [1.165, 1.54) is 167 Å². The summed E-state index contributed by atoms with van der Waals surface area (Å²) in [6.07, 6.45) is 41.6. The summed E-state index contributed by atoms with van der Waals surface area (Å²) in [6.45, 7) is 14.3. The van der Waals surface area contributed by atoms with Crippen LogP contribution in [0, 0.1) is 0 Å². The zero-order valence-corrected chi connectivity index (χ0v) is 37.7. The predicted octanol–water partition coefficient (Wildman–Crippen LogP) is 15.0. The Bertz CT molecular complexity index is 612. The maximum Gasteiger partial charge on any atom is 0.160 e. The van der Waals surface area contributed by atoms with E-state index < -0.39 is 0 Å².